The fourth-order valence-corrected chi connectivity index (χ4v) is 7.44. The number of para-hydroxylation sites is 2. The minimum atomic E-state index is -0.645. The highest BCUT2D eigenvalue weighted by Gasteiger charge is 2.24. The summed E-state index contributed by atoms with van der Waals surface area (Å²) in [6, 6.07) is 30.7. The maximum absolute atomic E-state index is 9.35. The summed E-state index contributed by atoms with van der Waals surface area (Å²) >= 11 is 0. The van der Waals surface area contributed by atoms with Gasteiger partial charge in [-0.2, -0.15) is 0 Å². The van der Waals surface area contributed by atoms with Crippen molar-refractivity contribution < 1.29 is 16.8 Å². The molecule has 50 heavy (non-hydrogen) atoms. The quantitative estimate of drug-likeness (QED) is 0.179. The van der Waals surface area contributed by atoms with Gasteiger partial charge in [-0.05, 0) is 69.8 Å². The Morgan fingerprint density at radius 1 is 0.500 bits per heavy atom. The molecular formula is C46H27N3O. The lowest BCUT2D eigenvalue weighted by atomic mass is 9.91. The Balaban J connectivity index is 1.26. The second-order valence-corrected chi connectivity index (χ2v) is 12.2. The van der Waals surface area contributed by atoms with Crippen molar-refractivity contribution in [3.05, 3.63) is 164 Å². The number of nitrogens with zero attached hydrogens (tertiary/aromatic N) is 3. The Bertz CT molecular complexity index is 3560. The van der Waals surface area contributed by atoms with Crippen LogP contribution in [0, 0.1) is 0 Å². The predicted octanol–water partition coefficient (Wildman–Crippen LogP) is 12.2. The van der Waals surface area contributed by atoms with E-state index < -0.39 is 65.5 Å². The first-order chi connectivity index (χ1) is 28.6. The van der Waals surface area contributed by atoms with Gasteiger partial charge in [0.2, 0.25) is 0 Å². The smallest absolute Gasteiger partial charge is 0.180 e. The topological polar surface area (TPSA) is 43.9 Å². The van der Waals surface area contributed by atoms with Gasteiger partial charge in [-0.25, -0.2) is 9.97 Å². The fraction of sp³-hybridized carbons (Fsp3) is 0. The molecule has 0 spiro atoms. The van der Waals surface area contributed by atoms with Gasteiger partial charge in [-0.3, -0.25) is 0 Å². The van der Waals surface area contributed by atoms with E-state index in [-0.39, 0.29) is 22.7 Å². The van der Waals surface area contributed by atoms with Crippen molar-refractivity contribution in [2.45, 2.75) is 0 Å². The average molecular weight is 647 g/mol. The van der Waals surface area contributed by atoms with Gasteiger partial charge in [-0.1, -0.05) is 121 Å². The summed E-state index contributed by atoms with van der Waals surface area (Å²) in [5, 5.41) is 6.80. The normalized spacial score (nSPS) is 14.5. The lowest BCUT2D eigenvalue weighted by Gasteiger charge is -2.13. The predicted molar refractivity (Wildman–Crippen MR) is 206 cm³/mol. The zero-order valence-electron chi connectivity index (χ0n) is 35.1. The molecule has 0 saturated carbocycles. The summed E-state index contributed by atoms with van der Waals surface area (Å²) in [7, 11) is 0. The molecule has 4 heteroatoms. The number of fused-ring (bicyclic) bond motifs is 6. The van der Waals surface area contributed by atoms with Crippen LogP contribution in [0.1, 0.15) is 12.3 Å². The summed E-state index contributed by atoms with van der Waals surface area (Å²) in [6.07, 6.45) is 0. The first kappa shape index (κ1) is 19.9. The number of rotatable bonds is 4. The molecule has 0 aliphatic carbocycles. The van der Waals surface area contributed by atoms with Crippen molar-refractivity contribution in [3.63, 3.8) is 0 Å². The highest BCUT2D eigenvalue weighted by atomic mass is 16.3. The molecule has 0 N–H and O–H groups in total. The SMILES string of the molecule is [2H]c1c([2H])c([2H])c(-c2c([2H])c([2H])c(-c3nc(-c4ccc5c6c4c4ccccc4c4cccc(c46)n5-c4ccccc4)nc4c3oc3ccccc34)c([2H])c2[2H])c([2H])c1[2H]. The van der Waals surface area contributed by atoms with Gasteiger partial charge in [0.05, 0.1) is 23.4 Å². The van der Waals surface area contributed by atoms with Crippen LogP contribution in [0.2, 0.25) is 0 Å². The Morgan fingerprint density at radius 2 is 1.16 bits per heavy atom. The van der Waals surface area contributed by atoms with Gasteiger partial charge in [0, 0.05) is 38.4 Å². The van der Waals surface area contributed by atoms with E-state index >= 15 is 0 Å². The molecule has 8 aromatic carbocycles. The van der Waals surface area contributed by atoms with Crippen LogP contribution >= 0.6 is 0 Å². The summed E-state index contributed by atoms with van der Waals surface area (Å²) in [5.74, 6) is 0.275. The van der Waals surface area contributed by atoms with E-state index in [4.69, 9.17) is 21.2 Å². The van der Waals surface area contributed by atoms with Gasteiger partial charge in [0.15, 0.2) is 11.4 Å². The third kappa shape index (κ3) is 3.81. The molecule has 0 fully saturated rings. The van der Waals surface area contributed by atoms with E-state index in [1.54, 1.807) is 6.07 Å². The van der Waals surface area contributed by atoms with Crippen LogP contribution in [-0.2, 0) is 0 Å². The van der Waals surface area contributed by atoms with Crippen molar-refractivity contribution in [1.82, 2.24) is 14.5 Å². The lowest BCUT2D eigenvalue weighted by molar-refractivity contribution is 0.667. The van der Waals surface area contributed by atoms with E-state index in [2.05, 4.69) is 53.1 Å². The molecule has 0 atom stereocenters. The maximum atomic E-state index is 9.35. The van der Waals surface area contributed by atoms with E-state index in [0.29, 0.717) is 22.0 Å². The number of furan rings is 1. The molecule has 3 aromatic heterocycles. The molecule has 0 unspecified atom stereocenters. The van der Waals surface area contributed by atoms with Crippen LogP contribution < -0.4 is 0 Å². The molecule has 0 amide bonds. The molecule has 0 saturated heterocycles. The average Bonchev–Trinajstić information content (AvgIpc) is 3.82. The third-order valence-electron chi connectivity index (χ3n) is 9.53. The molecular weight excluding hydrogens is 611 g/mol. The second-order valence-electron chi connectivity index (χ2n) is 12.2. The van der Waals surface area contributed by atoms with Crippen molar-refractivity contribution in [1.29, 1.82) is 0 Å². The van der Waals surface area contributed by atoms with Crippen LogP contribution in [0.4, 0.5) is 0 Å². The van der Waals surface area contributed by atoms with Crippen LogP contribution in [0.25, 0.3) is 105 Å². The van der Waals surface area contributed by atoms with Gasteiger partial charge >= 0.3 is 0 Å². The minimum Gasteiger partial charge on any atom is -0.452 e. The lowest BCUT2D eigenvalue weighted by Crippen LogP contribution is -1.96. The molecule has 232 valence electrons. The largest absolute Gasteiger partial charge is 0.452 e. The Morgan fingerprint density at radius 3 is 2.00 bits per heavy atom. The van der Waals surface area contributed by atoms with Crippen LogP contribution in [0.3, 0.4) is 0 Å². The molecule has 0 aliphatic rings. The molecule has 0 aliphatic heterocycles. The number of benzene rings is 8. The van der Waals surface area contributed by atoms with Crippen molar-refractivity contribution in [2.24, 2.45) is 0 Å². The summed E-state index contributed by atoms with van der Waals surface area (Å²) in [5.41, 5.74) is 3.79. The first-order valence-corrected chi connectivity index (χ1v) is 16.2. The Hall–Kier alpha value is -6.78. The minimum absolute atomic E-state index is 0.0228. The molecule has 4 nitrogen and oxygen atoms in total. The highest BCUT2D eigenvalue weighted by Crippen LogP contribution is 2.47. The van der Waals surface area contributed by atoms with E-state index in [9.17, 15) is 5.48 Å². The summed E-state index contributed by atoms with van der Waals surface area (Å²) < 4.78 is 87.3. The summed E-state index contributed by atoms with van der Waals surface area (Å²) in [6.45, 7) is 0. The standard InChI is InChI=1S/C46H27N3O/c1-3-12-28(13-4-1)29-22-24-30(25-23-29)43-45-44(35-18-9-10-21-39(35)50-45)48-46(47-43)36-26-27-38-42-40(36)33-17-8-7-16-32(33)34-19-11-20-37(41(34)42)49(38)31-14-5-2-6-15-31/h1-27H/i1D,3D,4D,12D,13D,22D,23D,24D,25D. The summed E-state index contributed by atoms with van der Waals surface area (Å²) in [4.78, 5) is 10.3. The van der Waals surface area contributed by atoms with E-state index in [1.807, 2.05) is 54.6 Å². The van der Waals surface area contributed by atoms with E-state index in [1.165, 1.54) is 0 Å². The van der Waals surface area contributed by atoms with Crippen LogP contribution in [0.5, 0.6) is 0 Å². The zero-order chi connectivity index (χ0) is 40.6. The Kier molecular flexibility index (Phi) is 4.12. The van der Waals surface area contributed by atoms with Crippen LogP contribution in [0.15, 0.2) is 168 Å². The number of hydrogen-bond acceptors (Lipinski definition) is 3. The molecule has 0 bridgehead atoms. The van der Waals surface area contributed by atoms with Crippen molar-refractivity contribution in [2.75, 3.05) is 0 Å². The van der Waals surface area contributed by atoms with Crippen LogP contribution in [-0.4, -0.2) is 14.5 Å². The molecule has 11 rings (SSSR count). The van der Waals surface area contributed by atoms with Gasteiger partial charge in [0.1, 0.15) is 16.8 Å². The van der Waals surface area contributed by atoms with Gasteiger partial charge in [-0.15, -0.1) is 0 Å². The Labute approximate surface area is 299 Å². The first-order valence-electron chi connectivity index (χ1n) is 20.7. The zero-order valence-corrected chi connectivity index (χ0v) is 26.1. The number of aromatic nitrogens is 3. The van der Waals surface area contributed by atoms with Gasteiger partial charge < -0.3 is 8.98 Å². The number of hydrogen-bond donors (Lipinski definition) is 0. The van der Waals surface area contributed by atoms with Crippen molar-refractivity contribution in [3.8, 4) is 39.5 Å². The highest BCUT2D eigenvalue weighted by molar-refractivity contribution is 6.36. The molecule has 0 radical (unpaired) electrons. The monoisotopic (exact) mass is 646 g/mol. The van der Waals surface area contributed by atoms with Gasteiger partial charge in [0.25, 0.3) is 0 Å². The molecule has 3 heterocycles. The second kappa shape index (κ2) is 10.4. The van der Waals surface area contributed by atoms with Crippen molar-refractivity contribution >= 4 is 65.4 Å². The molecule has 11 aromatic rings. The third-order valence-corrected chi connectivity index (χ3v) is 9.53. The maximum Gasteiger partial charge on any atom is 0.180 e. The van der Waals surface area contributed by atoms with E-state index in [0.717, 1.165) is 49.0 Å². The fourth-order valence-electron chi connectivity index (χ4n) is 7.44.